The Balaban J connectivity index is 1.48. The lowest BCUT2D eigenvalue weighted by Gasteiger charge is -2.10. The molecule has 28 heavy (non-hydrogen) atoms. The van der Waals surface area contributed by atoms with Gasteiger partial charge in [0.25, 0.3) is 0 Å². The zero-order chi connectivity index (χ0) is 19.3. The highest BCUT2D eigenvalue weighted by atomic mass is 16.7. The molecule has 0 amide bonds. The molecule has 0 aliphatic carbocycles. The number of rotatable bonds is 8. The standard InChI is InChI=1S/C17H17N7O4/c25-24(26)15-16(19-4-1-6-23-7-5-18-10-23)20-9-21-17(15)22-12-2-3-13-14(8-12)28-11-27-13/h2-3,5,7-10H,1,4,6,11H2,(H2,19,20,21,22). The molecular formula is C17H17N7O4. The lowest BCUT2D eigenvalue weighted by molar-refractivity contribution is -0.383. The molecule has 0 atom stereocenters. The van der Waals surface area contributed by atoms with Crippen LogP contribution < -0.4 is 20.1 Å². The third-order valence-corrected chi connectivity index (χ3v) is 4.08. The maximum absolute atomic E-state index is 11.6. The van der Waals surface area contributed by atoms with E-state index in [0.29, 0.717) is 23.7 Å². The molecule has 4 rings (SSSR count). The Labute approximate surface area is 159 Å². The van der Waals surface area contributed by atoms with Gasteiger partial charge in [-0.1, -0.05) is 0 Å². The number of hydrogen-bond acceptors (Lipinski definition) is 9. The van der Waals surface area contributed by atoms with Gasteiger partial charge in [0.1, 0.15) is 6.33 Å². The van der Waals surface area contributed by atoms with E-state index in [9.17, 15) is 10.1 Å². The van der Waals surface area contributed by atoms with Crippen LogP contribution in [0.5, 0.6) is 11.5 Å². The van der Waals surface area contributed by atoms with Crippen LogP contribution in [-0.4, -0.2) is 37.8 Å². The normalized spacial score (nSPS) is 12.0. The van der Waals surface area contributed by atoms with Crippen LogP contribution in [0.4, 0.5) is 23.0 Å². The number of aromatic nitrogens is 4. The second-order valence-electron chi connectivity index (χ2n) is 5.95. The summed E-state index contributed by atoms with van der Waals surface area (Å²) < 4.78 is 12.5. The van der Waals surface area contributed by atoms with Crippen molar-refractivity contribution in [2.75, 3.05) is 24.0 Å². The molecule has 1 aliphatic rings. The molecule has 0 bridgehead atoms. The number of aryl methyl sites for hydroxylation is 1. The predicted molar refractivity (Wildman–Crippen MR) is 99.9 cm³/mol. The van der Waals surface area contributed by atoms with Gasteiger partial charge in [0.2, 0.25) is 18.4 Å². The third-order valence-electron chi connectivity index (χ3n) is 4.08. The third kappa shape index (κ3) is 3.77. The van der Waals surface area contributed by atoms with E-state index in [2.05, 4.69) is 25.6 Å². The number of fused-ring (bicyclic) bond motifs is 1. The molecule has 0 saturated carbocycles. The molecular weight excluding hydrogens is 366 g/mol. The van der Waals surface area contributed by atoms with E-state index in [4.69, 9.17) is 9.47 Å². The van der Waals surface area contributed by atoms with E-state index in [-0.39, 0.29) is 24.1 Å². The van der Waals surface area contributed by atoms with E-state index in [1.807, 2.05) is 10.8 Å². The Kier molecular flexibility index (Phi) is 4.87. The molecule has 144 valence electrons. The molecule has 11 nitrogen and oxygen atoms in total. The molecule has 2 N–H and O–H groups in total. The minimum atomic E-state index is -0.506. The van der Waals surface area contributed by atoms with Crippen LogP contribution in [0, 0.1) is 10.1 Å². The summed E-state index contributed by atoms with van der Waals surface area (Å²) in [5.41, 5.74) is 0.375. The Morgan fingerprint density at radius 2 is 2.07 bits per heavy atom. The van der Waals surface area contributed by atoms with Crippen molar-refractivity contribution in [3.8, 4) is 11.5 Å². The molecule has 1 aliphatic heterocycles. The Morgan fingerprint density at radius 1 is 1.21 bits per heavy atom. The number of hydrogen-bond donors (Lipinski definition) is 2. The van der Waals surface area contributed by atoms with Gasteiger partial charge in [-0.3, -0.25) is 10.1 Å². The summed E-state index contributed by atoms with van der Waals surface area (Å²) >= 11 is 0. The van der Waals surface area contributed by atoms with Gasteiger partial charge in [0.05, 0.1) is 11.3 Å². The highest BCUT2D eigenvalue weighted by molar-refractivity contribution is 5.74. The summed E-state index contributed by atoms with van der Waals surface area (Å²) in [6.45, 7) is 1.41. The molecule has 3 aromatic rings. The van der Waals surface area contributed by atoms with Crippen molar-refractivity contribution in [2.45, 2.75) is 13.0 Å². The predicted octanol–water partition coefficient (Wildman–Crippen LogP) is 2.56. The highest BCUT2D eigenvalue weighted by Gasteiger charge is 2.23. The second kappa shape index (κ2) is 7.78. The van der Waals surface area contributed by atoms with Gasteiger partial charge in [0.15, 0.2) is 11.5 Å². The van der Waals surface area contributed by atoms with Crippen LogP contribution in [0.25, 0.3) is 0 Å². The van der Waals surface area contributed by atoms with E-state index >= 15 is 0 Å². The van der Waals surface area contributed by atoms with Crippen LogP contribution in [-0.2, 0) is 6.54 Å². The Morgan fingerprint density at radius 3 is 2.89 bits per heavy atom. The van der Waals surface area contributed by atoms with Crippen molar-refractivity contribution in [3.05, 3.63) is 53.4 Å². The second-order valence-corrected chi connectivity index (χ2v) is 5.95. The summed E-state index contributed by atoms with van der Waals surface area (Å²) in [4.78, 5) is 23.2. The first-order chi connectivity index (χ1) is 13.7. The van der Waals surface area contributed by atoms with Gasteiger partial charge >= 0.3 is 5.69 Å². The largest absolute Gasteiger partial charge is 0.454 e. The van der Waals surface area contributed by atoms with Gasteiger partial charge in [0, 0.05) is 37.2 Å². The van der Waals surface area contributed by atoms with Gasteiger partial charge in [-0.15, -0.1) is 0 Å². The minimum absolute atomic E-state index is 0.0935. The lowest BCUT2D eigenvalue weighted by atomic mass is 10.2. The lowest BCUT2D eigenvalue weighted by Crippen LogP contribution is -2.10. The quantitative estimate of drug-likeness (QED) is 0.342. The first-order valence-corrected chi connectivity index (χ1v) is 8.56. The van der Waals surface area contributed by atoms with Gasteiger partial charge in [-0.2, -0.15) is 0 Å². The average molecular weight is 383 g/mol. The van der Waals surface area contributed by atoms with Crippen LogP contribution in [0.3, 0.4) is 0 Å². The van der Waals surface area contributed by atoms with Crippen LogP contribution >= 0.6 is 0 Å². The van der Waals surface area contributed by atoms with Gasteiger partial charge in [-0.25, -0.2) is 15.0 Å². The molecule has 0 fully saturated rings. The van der Waals surface area contributed by atoms with Crippen molar-refractivity contribution >= 4 is 23.0 Å². The molecule has 1 aromatic carbocycles. The number of ether oxygens (including phenoxy) is 2. The number of nitrogens with zero attached hydrogens (tertiary/aromatic N) is 5. The molecule has 0 spiro atoms. The van der Waals surface area contributed by atoms with E-state index in [1.54, 1.807) is 30.7 Å². The first kappa shape index (κ1) is 17.5. The minimum Gasteiger partial charge on any atom is -0.454 e. The Bertz CT molecular complexity index is 978. The van der Waals surface area contributed by atoms with Crippen LogP contribution in [0.15, 0.2) is 43.2 Å². The van der Waals surface area contributed by atoms with Crippen molar-refractivity contribution in [1.82, 2.24) is 19.5 Å². The number of anilines is 3. The molecule has 2 aromatic heterocycles. The fourth-order valence-electron chi connectivity index (χ4n) is 2.77. The number of benzene rings is 1. The molecule has 0 radical (unpaired) electrons. The van der Waals surface area contributed by atoms with E-state index < -0.39 is 4.92 Å². The smallest absolute Gasteiger partial charge is 0.353 e. The van der Waals surface area contributed by atoms with Crippen molar-refractivity contribution < 1.29 is 14.4 Å². The monoisotopic (exact) mass is 383 g/mol. The van der Waals surface area contributed by atoms with Gasteiger partial charge < -0.3 is 24.7 Å². The molecule has 3 heterocycles. The maximum atomic E-state index is 11.6. The van der Waals surface area contributed by atoms with Crippen molar-refractivity contribution in [1.29, 1.82) is 0 Å². The van der Waals surface area contributed by atoms with Gasteiger partial charge in [-0.05, 0) is 18.6 Å². The summed E-state index contributed by atoms with van der Waals surface area (Å²) in [5.74, 6) is 1.45. The topological polar surface area (TPSA) is 129 Å². The first-order valence-electron chi connectivity index (χ1n) is 8.56. The summed E-state index contributed by atoms with van der Waals surface area (Å²) in [7, 11) is 0. The molecule has 0 saturated heterocycles. The van der Waals surface area contributed by atoms with Crippen molar-refractivity contribution in [3.63, 3.8) is 0 Å². The average Bonchev–Trinajstić information content (AvgIpc) is 3.36. The fraction of sp³-hybridized carbons (Fsp3) is 0.235. The summed E-state index contributed by atoms with van der Waals surface area (Å²) in [6.07, 6.45) is 7.32. The summed E-state index contributed by atoms with van der Waals surface area (Å²) in [6, 6.07) is 5.16. The molecule has 0 unspecified atom stereocenters. The van der Waals surface area contributed by atoms with E-state index in [1.165, 1.54) is 6.33 Å². The zero-order valence-corrected chi connectivity index (χ0v) is 14.7. The van der Waals surface area contributed by atoms with Crippen molar-refractivity contribution in [2.24, 2.45) is 0 Å². The Hall–Kier alpha value is -3.89. The molecule has 11 heteroatoms. The SMILES string of the molecule is O=[N+]([O-])c1c(NCCCn2ccnc2)ncnc1Nc1ccc2c(c1)OCO2. The number of nitro groups is 1. The number of nitrogens with one attached hydrogen (secondary N) is 2. The zero-order valence-electron chi connectivity index (χ0n) is 14.7. The maximum Gasteiger partial charge on any atom is 0.353 e. The fourth-order valence-corrected chi connectivity index (χ4v) is 2.77. The van der Waals surface area contributed by atoms with E-state index in [0.717, 1.165) is 13.0 Å². The summed E-state index contributed by atoms with van der Waals surface area (Å²) in [5, 5.41) is 17.6. The number of imidazole rings is 1. The van der Waals surface area contributed by atoms with Crippen LogP contribution in [0.2, 0.25) is 0 Å². The highest BCUT2D eigenvalue weighted by Crippen LogP contribution is 2.37. The van der Waals surface area contributed by atoms with Crippen LogP contribution in [0.1, 0.15) is 6.42 Å².